The molecule has 59 heavy (non-hydrogen) atoms. The molecule has 0 aliphatic carbocycles. The van der Waals surface area contributed by atoms with E-state index in [0.29, 0.717) is 12.8 Å². The van der Waals surface area contributed by atoms with Gasteiger partial charge in [0.2, 0.25) is 0 Å². The lowest BCUT2D eigenvalue weighted by Gasteiger charge is -2.40. The van der Waals surface area contributed by atoms with Crippen LogP contribution in [0.1, 0.15) is 187 Å². The van der Waals surface area contributed by atoms with E-state index in [4.69, 9.17) is 18.9 Å². The molecule has 6 atom stereocenters. The molecule has 0 aromatic rings. The lowest BCUT2D eigenvalue weighted by Crippen LogP contribution is -2.60. The molecule has 0 saturated carbocycles. The van der Waals surface area contributed by atoms with Crippen molar-refractivity contribution in [3.05, 3.63) is 36.5 Å². The molecule has 0 radical (unpaired) electrons. The predicted octanol–water partition coefficient (Wildman–Crippen LogP) is 9.39. The summed E-state index contributed by atoms with van der Waals surface area (Å²) >= 11 is 0. The molecule has 1 aliphatic heterocycles. The molecular weight excluding hydrogens is 777 g/mol. The van der Waals surface area contributed by atoms with Gasteiger partial charge in [0.25, 0.3) is 10.1 Å². The Labute approximate surface area is 357 Å². The highest BCUT2D eigenvalue weighted by atomic mass is 32.2. The molecule has 0 aromatic heterocycles. The molecule has 1 saturated heterocycles. The molecule has 0 aromatic carbocycles. The lowest BCUT2D eigenvalue weighted by atomic mass is 10.00. The van der Waals surface area contributed by atoms with E-state index in [0.717, 1.165) is 64.2 Å². The van der Waals surface area contributed by atoms with Gasteiger partial charge in [0.15, 0.2) is 12.4 Å². The highest BCUT2D eigenvalue weighted by molar-refractivity contribution is 7.85. The average molecular weight is 859 g/mol. The van der Waals surface area contributed by atoms with Crippen molar-refractivity contribution in [3.63, 3.8) is 0 Å². The van der Waals surface area contributed by atoms with Crippen molar-refractivity contribution >= 4 is 22.1 Å². The maximum Gasteiger partial charge on any atom is 0.306 e. The van der Waals surface area contributed by atoms with Crippen LogP contribution in [-0.2, 0) is 38.7 Å². The largest absolute Gasteiger partial charge is 0.462 e. The molecule has 1 rings (SSSR count). The zero-order chi connectivity index (χ0) is 43.4. The number of esters is 2. The number of hydrogen-bond donors (Lipinski definition) is 4. The van der Waals surface area contributed by atoms with Crippen molar-refractivity contribution in [1.29, 1.82) is 0 Å². The van der Waals surface area contributed by atoms with E-state index in [-0.39, 0.29) is 19.4 Å². The highest BCUT2D eigenvalue weighted by Gasteiger charge is 2.46. The van der Waals surface area contributed by atoms with E-state index in [1.807, 2.05) is 0 Å². The van der Waals surface area contributed by atoms with E-state index in [9.17, 15) is 37.9 Å². The first-order valence-electron chi connectivity index (χ1n) is 23.0. The first-order chi connectivity index (χ1) is 28.5. The van der Waals surface area contributed by atoms with Gasteiger partial charge >= 0.3 is 11.9 Å². The second kappa shape index (κ2) is 36.5. The minimum absolute atomic E-state index is 0.148. The molecule has 0 amide bonds. The fourth-order valence-electron chi connectivity index (χ4n) is 6.80. The van der Waals surface area contributed by atoms with Crippen LogP contribution in [0, 0.1) is 0 Å². The van der Waals surface area contributed by atoms with E-state index < -0.39 is 71.2 Å². The average Bonchev–Trinajstić information content (AvgIpc) is 3.20. The Morgan fingerprint density at radius 2 is 1.03 bits per heavy atom. The predicted molar refractivity (Wildman–Crippen MR) is 233 cm³/mol. The minimum Gasteiger partial charge on any atom is -0.462 e. The summed E-state index contributed by atoms with van der Waals surface area (Å²) in [5.74, 6) is -2.00. The van der Waals surface area contributed by atoms with Crippen LogP contribution in [-0.4, -0.2) is 96.0 Å². The van der Waals surface area contributed by atoms with Gasteiger partial charge in [-0.15, -0.1) is 0 Å². The topological polar surface area (TPSA) is 186 Å². The molecule has 1 heterocycles. The monoisotopic (exact) mass is 859 g/mol. The fraction of sp³-hybridized carbons (Fsp3) is 0.826. The molecule has 1 fully saturated rings. The van der Waals surface area contributed by atoms with Crippen LogP contribution in [0.5, 0.6) is 0 Å². The van der Waals surface area contributed by atoms with Crippen molar-refractivity contribution in [2.45, 2.75) is 224 Å². The zero-order valence-electron chi connectivity index (χ0n) is 36.6. The van der Waals surface area contributed by atoms with Crippen LogP contribution in [0.15, 0.2) is 36.5 Å². The zero-order valence-corrected chi connectivity index (χ0v) is 37.4. The van der Waals surface area contributed by atoms with Gasteiger partial charge < -0.3 is 34.3 Å². The van der Waals surface area contributed by atoms with Gasteiger partial charge in [0, 0.05) is 12.8 Å². The van der Waals surface area contributed by atoms with Gasteiger partial charge in [-0.25, -0.2) is 0 Å². The quantitative estimate of drug-likeness (QED) is 0.0200. The number of rotatable bonds is 38. The van der Waals surface area contributed by atoms with Crippen LogP contribution in [0.2, 0.25) is 0 Å². The molecule has 344 valence electrons. The van der Waals surface area contributed by atoms with Crippen molar-refractivity contribution in [1.82, 2.24) is 0 Å². The Balaban J connectivity index is 2.44. The van der Waals surface area contributed by atoms with Gasteiger partial charge in [-0.1, -0.05) is 147 Å². The molecule has 4 N–H and O–H groups in total. The lowest BCUT2D eigenvalue weighted by molar-refractivity contribution is -0.297. The van der Waals surface area contributed by atoms with Crippen LogP contribution in [0.4, 0.5) is 0 Å². The van der Waals surface area contributed by atoms with Crippen molar-refractivity contribution in [2.24, 2.45) is 0 Å². The van der Waals surface area contributed by atoms with Crippen molar-refractivity contribution < 1.29 is 56.8 Å². The first-order valence-corrected chi connectivity index (χ1v) is 24.7. The van der Waals surface area contributed by atoms with Crippen molar-refractivity contribution in [3.8, 4) is 0 Å². The maximum absolute atomic E-state index is 12.8. The van der Waals surface area contributed by atoms with E-state index >= 15 is 0 Å². The Bertz CT molecular complexity index is 1240. The number of carbonyl (C=O) groups excluding carboxylic acids is 2. The molecule has 0 bridgehead atoms. The second-order valence-corrected chi connectivity index (χ2v) is 17.6. The number of allylic oxidation sites excluding steroid dienone is 6. The third-order valence-electron chi connectivity index (χ3n) is 10.4. The van der Waals surface area contributed by atoms with Gasteiger partial charge in [-0.3, -0.25) is 14.1 Å². The number of aliphatic hydroxyl groups excluding tert-OH is 3. The number of ether oxygens (including phenoxy) is 4. The third-order valence-corrected chi connectivity index (χ3v) is 11.2. The van der Waals surface area contributed by atoms with Crippen molar-refractivity contribution in [2.75, 3.05) is 19.0 Å². The smallest absolute Gasteiger partial charge is 0.306 e. The van der Waals surface area contributed by atoms with E-state index in [2.05, 4.69) is 50.3 Å². The Morgan fingerprint density at radius 1 is 0.576 bits per heavy atom. The summed E-state index contributed by atoms with van der Waals surface area (Å²) in [6, 6.07) is 0. The van der Waals surface area contributed by atoms with Crippen LogP contribution >= 0.6 is 0 Å². The summed E-state index contributed by atoms with van der Waals surface area (Å²) < 4.78 is 54.0. The molecule has 12 nitrogen and oxygen atoms in total. The van der Waals surface area contributed by atoms with Crippen LogP contribution in [0.3, 0.4) is 0 Å². The first kappa shape index (κ1) is 54.9. The third kappa shape index (κ3) is 31.4. The van der Waals surface area contributed by atoms with Gasteiger partial charge in [-0.2, -0.15) is 8.42 Å². The van der Waals surface area contributed by atoms with Crippen LogP contribution in [0.25, 0.3) is 0 Å². The van der Waals surface area contributed by atoms with E-state index in [1.165, 1.54) is 83.5 Å². The summed E-state index contributed by atoms with van der Waals surface area (Å²) in [5.41, 5.74) is 0. The SMILES string of the molecule is CCCC/C=C/C/C=C/CCCCCCCC(=O)O[C@H](COC(=O)CCCCCCCCCCC/C=C/CCCCCC)CO[C@H]1O[C@H](CS(=O)(=O)O)[C@@H](O)C(O)C1O. The Kier molecular flexibility index (Phi) is 34.0. The number of aliphatic hydroxyl groups is 3. The summed E-state index contributed by atoms with van der Waals surface area (Å²) in [5, 5.41) is 30.9. The maximum atomic E-state index is 12.8. The summed E-state index contributed by atoms with van der Waals surface area (Å²) in [6.45, 7) is 3.70. The molecule has 1 aliphatic rings. The van der Waals surface area contributed by atoms with Crippen LogP contribution < -0.4 is 0 Å². The Hall–Kier alpha value is -2.13. The molecule has 13 heteroatoms. The second-order valence-electron chi connectivity index (χ2n) is 16.1. The van der Waals surface area contributed by atoms with Gasteiger partial charge in [0.05, 0.1) is 6.61 Å². The molecule has 0 spiro atoms. The van der Waals surface area contributed by atoms with E-state index in [1.54, 1.807) is 0 Å². The number of unbranched alkanes of at least 4 members (excludes halogenated alkanes) is 20. The van der Waals surface area contributed by atoms with Gasteiger partial charge in [-0.05, 0) is 64.2 Å². The normalized spacial score (nSPS) is 20.5. The standard InChI is InChI=1S/C46H82O12S/c1-3-5-7-9-11-13-15-17-19-20-21-23-24-26-28-30-32-34-41(47)55-36-39(37-56-46-45(51)44(50)43(49)40(58-46)38-59(52,53)54)57-42(48)35-33-31-29-27-25-22-18-16-14-12-10-8-6-4-2/h10,12-13,15-16,18,39-40,43-46,49-51H,3-9,11,14,17,19-38H2,1-2H3,(H,52,53,54)/b12-10+,15-13+,18-16+/t39-,40-,43-,44?,45?,46+/m1/s1. The summed E-state index contributed by atoms with van der Waals surface area (Å²) in [7, 11) is -4.60. The summed E-state index contributed by atoms with van der Waals surface area (Å²) in [4.78, 5) is 25.4. The Morgan fingerprint density at radius 3 is 1.56 bits per heavy atom. The van der Waals surface area contributed by atoms with Gasteiger partial charge in [0.1, 0.15) is 36.8 Å². The molecular formula is C46H82O12S. The highest BCUT2D eigenvalue weighted by Crippen LogP contribution is 2.24. The number of carbonyl (C=O) groups is 2. The summed E-state index contributed by atoms with van der Waals surface area (Å²) in [6.07, 6.45) is 31.8. The number of hydrogen-bond acceptors (Lipinski definition) is 11. The minimum atomic E-state index is -4.60. The molecule has 2 unspecified atom stereocenters. The fourth-order valence-corrected chi connectivity index (χ4v) is 7.50.